The molecule has 0 aliphatic heterocycles. The van der Waals surface area contributed by atoms with Crippen LogP contribution in [0.4, 0.5) is 10.1 Å². The molecule has 104 valence electrons. The Morgan fingerprint density at radius 1 is 1.35 bits per heavy atom. The standard InChI is InChI=1S/C15H15FN2O2/c1-10(12-5-3-4-6-13(12)16)18-11-7-8-17-14(9-11)15(19)20-2/h3-10H,1-2H3,(H,17,18). The number of benzene rings is 1. The van der Waals surface area contributed by atoms with Gasteiger partial charge in [-0.15, -0.1) is 0 Å². The van der Waals surface area contributed by atoms with Gasteiger partial charge in [-0.05, 0) is 25.1 Å². The number of hydrogen-bond acceptors (Lipinski definition) is 4. The molecule has 0 aliphatic rings. The number of carbonyl (C=O) groups excluding carboxylic acids is 1. The second-order valence-corrected chi connectivity index (χ2v) is 4.31. The van der Waals surface area contributed by atoms with Crippen molar-refractivity contribution in [3.63, 3.8) is 0 Å². The first-order valence-electron chi connectivity index (χ1n) is 6.17. The number of nitrogens with zero attached hydrogens (tertiary/aromatic N) is 1. The largest absolute Gasteiger partial charge is 0.464 e. The molecule has 0 spiro atoms. The van der Waals surface area contributed by atoms with Crippen molar-refractivity contribution in [2.24, 2.45) is 0 Å². The third kappa shape index (κ3) is 3.12. The fourth-order valence-corrected chi connectivity index (χ4v) is 1.89. The Kier molecular flexibility index (Phi) is 4.30. The van der Waals surface area contributed by atoms with Crippen LogP contribution in [0.5, 0.6) is 0 Å². The molecule has 20 heavy (non-hydrogen) atoms. The molecule has 1 heterocycles. The fraction of sp³-hybridized carbons (Fsp3) is 0.200. The quantitative estimate of drug-likeness (QED) is 0.870. The van der Waals surface area contributed by atoms with E-state index in [0.717, 1.165) is 0 Å². The summed E-state index contributed by atoms with van der Waals surface area (Å²) in [6, 6.07) is 9.61. The van der Waals surface area contributed by atoms with Crippen LogP contribution in [0.1, 0.15) is 29.0 Å². The minimum absolute atomic E-state index is 0.207. The summed E-state index contributed by atoms with van der Waals surface area (Å²) < 4.78 is 18.3. The molecule has 0 saturated heterocycles. The van der Waals surface area contributed by atoms with E-state index in [9.17, 15) is 9.18 Å². The summed E-state index contributed by atoms with van der Waals surface area (Å²) in [5, 5.41) is 3.13. The minimum atomic E-state index is -0.507. The fourth-order valence-electron chi connectivity index (χ4n) is 1.89. The third-order valence-electron chi connectivity index (χ3n) is 2.91. The zero-order chi connectivity index (χ0) is 14.5. The maximum Gasteiger partial charge on any atom is 0.356 e. The Morgan fingerprint density at radius 3 is 2.80 bits per heavy atom. The molecule has 1 aromatic carbocycles. The van der Waals surface area contributed by atoms with Gasteiger partial charge in [-0.2, -0.15) is 0 Å². The van der Waals surface area contributed by atoms with Crippen molar-refractivity contribution < 1.29 is 13.9 Å². The van der Waals surface area contributed by atoms with Crippen LogP contribution < -0.4 is 5.32 Å². The van der Waals surface area contributed by atoms with Crippen LogP contribution in [0.15, 0.2) is 42.6 Å². The molecular formula is C15H15FN2O2. The first-order valence-corrected chi connectivity index (χ1v) is 6.17. The van der Waals surface area contributed by atoms with Gasteiger partial charge in [0.2, 0.25) is 0 Å². The number of ether oxygens (including phenoxy) is 1. The predicted molar refractivity (Wildman–Crippen MR) is 74.0 cm³/mol. The van der Waals surface area contributed by atoms with E-state index >= 15 is 0 Å². The molecule has 1 atom stereocenters. The average molecular weight is 274 g/mol. The zero-order valence-corrected chi connectivity index (χ0v) is 11.3. The highest BCUT2D eigenvalue weighted by Gasteiger charge is 2.12. The normalized spacial score (nSPS) is 11.8. The number of aromatic nitrogens is 1. The molecular weight excluding hydrogens is 259 g/mol. The molecule has 1 unspecified atom stereocenters. The number of halogens is 1. The molecule has 5 heteroatoms. The minimum Gasteiger partial charge on any atom is -0.464 e. The van der Waals surface area contributed by atoms with Gasteiger partial charge in [0.25, 0.3) is 0 Å². The summed E-state index contributed by atoms with van der Waals surface area (Å²) in [7, 11) is 1.30. The number of anilines is 1. The number of nitrogens with one attached hydrogen (secondary N) is 1. The third-order valence-corrected chi connectivity index (χ3v) is 2.91. The molecule has 2 rings (SSSR count). The van der Waals surface area contributed by atoms with Crippen molar-refractivity contribution in [2.45, 2.75) is 13.0 Å². The second kappa shape index (κ2) is 6.14. The van der Waals surface area contributed by atoms with Crippen molar-refractivity contribution in [3.8, 4) is 0 Å². The van der Waals surface area contributed by atoms with E-state index in [1.54, 1.807) is 30.3 Å². The zero-order valence-electron chi connectivity index (χ0n) is 11.3. The van der Waals surface area contributed by atoms with E-state index in [2.05, 4.69) is 15.0 Å². The Labute approximate surface area is 116 Å². The highest BCUT2D eigenvalue weighted by molar-refractivity contribution is 5.88. The maximum atomic E-state index is 13.7. The van der Waals surface area contributed by atoms with Gasteiger partial charge in [-0.1, -0.05) is 18.2 Å². The molecule has 4 nitrogen and oxygen atoms in total. The average Bonchev–Trinajstić information content (AvgIpc) is 2.47. The summed E-state index contributed by atoms with van der Waals surface area (Å²) in [5.41, 5.74) is 1.44. The summed E-state index contributed by atoms with van der Waals surface area (Å²) >= 11 is 0. The van der Waals surface area contributed by atoms with Crippen LogP contribution in [-0.2, 0) is 4.74 Å². The topological polar surface area (TPSA) is 51.2 Å². The molecule has 0 bridgehead atoms. The molecule has 0 aliphatic carbocycles. The van der Waals surface area contributed by atoms with E-state index < -0.39 is 5.97 Å². The Balaban J connectivity index is 2.18. The van der Waals surface area contributed by atoms with Gasteiger partial charge in [0.1, 0.15) is 11.5 Å². The van der Waals surface area contributed by atoms with Gasteiger partial charge in [-0.25, -0.2) is 14.2 Å². The summed E-state index contributed by atoms with van der Waals surface area (Å²) in [5.74, 6) is -0.776. The first-order chi connectivity index (χ1) is 9.61. The molecule has 2 aromatic rings. The van der Waals surface area contributed by atoms with Gasteiger partial charge in [0.15, 0.2) is 0 Å². The second-order valence-electron chi connectivity index (χ2n) is 4.31. The van der Waals surface area contributed by atoms with Gasteiger partial charge in [0.05, 0.1) is 13.2 Å². The molecule has 0 fully saturated rings. The Morgan fingerprint density at radius 2 is 2.10 bits per heavy atom. The SMILES string of the molecule is COC(=O)c1cc(NC(C)c2ccccc2F)ccn1. The lowest BCUT2D eigenvalue weighted by Gasteiger charge is -2.16. The van der Waals surface area contributed by atoms with Crippen LogP contribution in [0.2, 0.25) is 0 Å². The van der Waals surface area contributed by atoms with Crippen LogP contribution >= 0.6 is 0 Å². The molecule has 0 saturated carbocycles. The van der Waals surface area contributed by atoms with Gasteiger partial charge in [-0.3, -0.25) is 0 Å². The first kappa shape index (κ1) is 14.0. The highest BCUT2D eigenvalue weighted by atomic mass is 19.1. The molecule has 1 N–H and O–H groups in total. The lowest BCUT2D eigenvalue weighted by molar-refractivity contribution is 0.0594. The van der Waals surface area contributed by atoms with Crippen LogP contribution in [0.25, 0.3) is 0 Å². The number of pyridine rings is 1. The smallest absolute Gasteiger partial charge is 0.356 e. The number of esters is 1. The van der Waals surface area contributed by atoms with Gasteiger partial charge < -0.3 is 10.1 Å². The number of methoxy groups -OCH3 is 1. The Hall–Kier alpha value is -2.43. The van der Waals surface area contributed by atoms with Crippen molar-refractivity contribution >= 4 is 11.7 Å². The summed E-state index contributed by atoms with van der Waals surface area (Å²) in [4.78, 5) is 15.3. The van der Waals surface area contributed by atoms with E-state index in [-0.39, 0.29) is 17.6 Å². The van der Waals surface area contributed by atoms with Crippen LogP contribution in [0.3, 0.4) is 0 Å². The van der Waals surface area contributed by atoms with Crippen molar-refractivity contribution in [1.29, 1.82) is 0 Å². The highest BCUT2D eigenvalue weighted by Crippen LogP contribution is 2.21. The van der Waals surface area contributed by atoms with Crippen molar-refractivity contribution in [2.75, 3.05) is 12.4 Å². The van der Waals surface area contributed by atoms with E-state index in [1.165, 1.54) is 19.4 Å². The number of carbonyl (C=O) groups is 1. The molecule has 0 radical (unpaired) electrons. The van der Waals surface area contributed by atoms with Crippen LogP contribution in [-0.4, -0.2) is 18.1 Å². The molecule has 1 aromatic heterocycles. The van der Waals surface area contributed by atoms with Gasteiger partial charge in [0, 0.05) is 17.4 Å². The van der Waals surface area contributed by atoms with Crippen molar-refractivity contribution in [3.05, 3.63) is 59.7 Å². The van der Waals surface area contributed by atoms with E-state index in [1.807, 2.05) is 6.92 Å². The monoisotopic (exact) mass is 274 g/mol. The lowest BCUT2D eigenvalue weighted by Crippen LogP contribution is -2.10. The van der Waals surface area contributed by atoms with Crippen molar-refractivity contribution in [1.82, 2.24) is 4.98 Å². The lowest BCUT2D eigenvalue weighted by atomic mass is 10.1. The summed E-state index contributed by atoms with van der Waals surface area (Å²) in [6.45, 7) is 1.84. The predicted octanol–water partition coefficient (Wildman–Crippen LogP) is 3.18. The molecule has 0 amide bonds. The van der Waals surface area contributed by atoms with E-state index in [4.69, 9.17) is 0 Å². The Bertz CT molecular complexity index is 616. The van der Waals surface area contributed by atoms with Crippen LogP contribution in [0, 0.1) is 5.82 Å². The van der Waals surface area contributed by atoms with E-state index in [0.29, 0.717) is 11.3 Å². The number of hydrogen-bond donors (Lipinski definition) is 1. The maximum absolute atomic E-state index is 13.7. The van der Waals surface area contributed by atoms with Gasteiger partial charge >= 0.3 is 5.97 Å². The number of rotatable bonds is 4. The summed E-state index contributed by atoms with van der Waals surface area (Å²) in [6.07, 6.45) is 1.50.